The Labute approximate surface area is 233 Å². The minimum Gasteiger partial charge on any atom is -0.477 e. The number of carbonyl (C=O) groups is 2. The Morgan fingerprint density at radius 2 is 1.56 bits per heavy atom. The number of rotatable bonds is 5. The van der Waals surface area contributed by atoms with Gasteiger partial charge in [-0.15, -0.1) is 0 Å². The SMILES string of the molecule is Cc1ccc(C2=C(N3CCN(c4cc5c(cc4F)c(=O)c(C(=O)O)cn5-c4ccc(F)cc4)CC3)COC2=O)cc1. The smallest absolute Gasteiger partial charge is 0.341 e. The van der Waals surface area contributed by atoms with Crippen LogP contribution in [0.1, 0.15) is 21.5 Å². The molecule has 0 unspecified atom stereocenters. The summed E-state index contributed by atoms with van der Waals surface area (Å²) >= 11 is 0. The molecule has 6 rings (SSSR count). The number of pyridine rings is 1. The first-order valence-electron chi connectivity index (χ1n) is 13.1. The van der Waals surface area contributed by atoms with E-state index in [2.05, 4.69) is 4.90 Å². The van der Waals surface area contributed by atoms with Gasteiger partial charge in [0.05, 0.1) is 22.5 Å². The first-order valence-corrected chi connectivity index (χ1v) is 13.1. The van der Waals surface area contributed by atoms with Gasteiger partial charge in [-0.2, -0.15) is 0 Å². The molecular formula is C31H25F2N3O5. The van der Waals surface area contributed by atoms with Crippen LogP contribution in [0.5, 0.6) is 0 Å². The number of fused-ring (bicyclic) bond motifs is 1. The van der Waals surface area contributed by atoms with Crippen LogP contribution in [0, 0.1) is 18.6 Å². The predicted octanol–water partition coefficient (Wildman–Crippen LogP) is 4.37. The Kier molecular flexibility index (Phi) is 6.53. The van der Waals surface area contributed by atoms with E-state index in [1.54, 1.807) is 0 Å². The lowest BCUT2D eigenvalue weighted by atomic mass is 10.0. The lowest BCUT2D eigenvalue weighted by Crippen LogP contribution is -2.46. The normalized spacial score (nSPS) is 15.5. The third-order valence-corrected chi connectivity index (χ3v) is 7.58. The highest BCUT2D eigenvalue weighted by Crippen LogP contribution is 2.32. The summed E-state index contributed by atoms with van der Waals surface area (Å²) < 4.78 is 35.9. The molecule has 3 aromatic carbocycles. The predicted molar refractivity (Wildman–Crippen MR) is 149 cm³/mol. The van der Waals surface area contributed by atoms with Crippen molar-refractivity contribution in [1.82, 2.24) is 9.47 Å². The van der Waals surface area contributed by atoms with E-state index in [0.717, 1.165) is 22.9 Å². The van der Waals surface area contributed by atoms with Crippen molar-refractivity contribution in [1.29, 1.82) is 0 Å². The Morgan fingerprint density at radius 3 is 2.22 bits per heavy atom. The fourth-order valence-electron chi connectivity index (χ4n) is 5.41. The van der Waals surface area contributed by atoms with Gasteiger partial charge in [0.25, 0.3) is 0 Å². The van der Waals surface area contributed by atoms with Crippen molar-refractivity contribution in [2.24, 2.45) is 0 Å². The van der Waals surface area contributed by atoms with E-state index in [0.29, 0.717) is 43.0 Å². The topological polar surface area (TPSA) is 92.1 Å². The molecule has 3 heterocycles. The maximum absolute atomic E-state index is 15.5. The molecular weight excluding hydrogens is 532 g/mol. The summed E-state index contributed by atoms with van der Waals surface area (Å²) in [6.45, 7) is 4.00. The van der Waals surface area contributed by atoms with E-state index in [1.165, 1.54) is 41.1 Å². The van der Waals surface area contributed by atoms with Gasteiger partial charge in [0, 0.05) is 43.4 Å². The highest BCUT2D eigenvalue weighted by molar-refractivity contribution is 6.19. The molecule has 0 aliphatic carbocycles. The number of benzene rings is 3. The monoisotopic (exact) mass is 557 g/mol. The molecule has 2 aliphatic heterocycles. The Bertz CT molecular complexity index is 1790. The van der Waals surface area contributed by atoms with Crippen LogP contribution in [0.4, 0.5) is 14.5 Å². The summed E-state index contributed by atoms with van der Waals surface area (Å²) in [4.78, 5) is 41.2. The van der Waals surface area contributed by atoms with Crippen LogP contribution in [0.3, 0.4) is 0 Å². The van der Waals surface area contributed by atoms with Crippen LogP contribution in [-0.2, 0) is 9.53 Å². The van der Waals surface area contributed by atoms with Crippen LogP contribution in [0.2, 0.25) is 0 Å². The van der Waals surface area contributed by atoms with E-state index < -0.39 is 28.6 Å². The first-order chi connectivity index (χ1) is 19.7. The van der Waals surface area contributed by atoms with Crippen LogP contribution in [0.15, 0.2) is 77.4 Å². The van der Waals surface area contributed by atoms with Gasteiger partial charge in [-0.05, 0) is 48.9 Å². The summed E-state index contributed by atoms with van der Waals surface area (Å²) in [6, 6.07) is 15.6. The Balaban J connectivity index is 1.35. The van der Waals surface area contributed by atoms with Gasteiger partial charge >= 0.3 is 11.9 Å². The number of anilines is 1. The second-order valence-electron chi connectivity index (χ2n) is 10.1. The van der Waals surface area contributed by atoms with E-state index in [-0.39, 0.29) is 23.6 Å². The number of piperazine rings is 1. The number of halogens is 2. The number of aromatic carboxylic acids is 1. The van der Waals surface area contributed by atoms with E-state index in [9.17, 15) is 23.9 Å². The molecule has 1 fully saturated rings. The summed E-state index contributed by atoms with van der Waals surface area (Å²) in [7, 11) is 0. The summed E-state index contributed by atoms with van der Waals surface area (Å²) in [5.41, 5.74) is 2.84. The van der Waals surface area contributed by atoms with Crippen molar-refractivity contribution in [3.8, 4) is 5.69 Å². The van der Waals surface area contributed by atoms with E-state index in [4.69, 9.17) is 4.74 Å². The van der Waals surface area contributed by atoms with Crippen molar-refractivity contribution in [3.63, 3.8) is 0 Å². The number of aryl methyl sites for hydroxylation is 1. The number of esters is 1. The number of carbonyl (C=O) groups excluding carboxylic acids is 1. The minimum atomic E-state index is -1.44. The standard InChI is InChI=1S/C31H25F2N3O5/c1-18-2-4-19(5-3-18)28-27(17-41-31(28)40)35-12-10-34(11-13-35)26-15-25-22(14-24(26)33)29(37)23(30(38)39)16-36(25)21-8-6-20(32)7-9-21/h2-9,14-16H,10-13,17H2,1H3,(H,38,39). The molecule has 41 heavy (non-hydrogen) atoms. The van der Waals surface area contributed by atoms with Crippen LogP contribution in [0.25, 0.3) is 22.2 Å². The number of carboxylic acids is 1. The zero-order chi connectivity index (χ0) is 28.8. The largest absolute Gasteiger partial charge is 0.477 e. The highest BCUT2D eigenvalue weighted by atomic mass is 19.1. The fourth-order valence-corrected chi connectivity index (χ4v) is 5.41. The number of aromatic nitrogens is 1. The summed E-state index contributed by atoms with van der Waals surface area (Å²) in [5.74, 6) is -2.94. The van der Waals surface area contributed by atoms with E-state index >= 15 is 4.39 Å². The van der Waals surface area contributed by atoms with Crippen molar-refractivity contribution < 1.29 is 28.2 Å². The molecule has 8 nitrogen and oxygen atoms in total. The molecule has 0 amide bonds. The lowest BCUT2D eigenvalue weighted by Gasteiger charge is -2.38. The number of cyclic esters (lactones) is 1. The van der Waals surface area contributed by atoms with Crippen molar-refractivity contribution >= 4 is 34.1 Å². The third kappa shape index (κ3) is 4.71. The van der Waals surface area contributed by atoms with Gasteiger partial charge in [0.2, 0.25) is 5.43 Å². The summed E-state index contributed by atoms with van der Waals surface area (Å²) in [6.07, 6.45) is 1.18. The van der Waals surface area contributed by atoms with Crippen molar-refractivity contribution in [2.45, 2.75) is 6.92 Å². The Morgan fingerprint density at radius 1 is 0.902 bits per heavy atom. The van der Waals surface area contributed by atoms with E-state index in [1.807, 2.05) is 36.1 Å². The number of ether oxygens (including phenoxy) is 1. The van der Waals surface area contributed by atoms with Crippen LogP contribution < -0.4 is 10.3 Å². The van der Waals surface area contributed by atoms with Gasteiger partial charge in [-0.1, -0.05) is 29.8 Å². The summed E-state index contributed by atoms with van der Waals surface area (Å²) in [5, 5.41) is 9.50. The van der Waals surface area contributed by atoms with Gasteiger partial charge < -0.3 is 24.2 Å². The zero-order valence-electron chi connectivity index (χ0n) is 22.1. The van der Waals surface area contributed by atoms with Crippen LogP contribution >= 0.6 is 0 Å². The number of hydrogen-bond donors (Lipinski definition) is 1. The third-order valence-electron chi connectivity index (χ3n) is 7.58. The quantitative estimate of drug-likeness (QED) is 0.365. The van der Waals surface area contributed by atoms with Crippen molar-refractivity contribution in [2.75, 3.05) is 37.7 Å². The molecule has 1 saturated heterocycles. The lowest BCUT2D eigenvalue weighted by molar-refractivity contribution is -0.134. The number of hydrogen-bond acceptors (Lipinski definition) is 6. The first kappa shape index (κ1) is 26.2. The number of nitrogens with zero attached hydrogens (tertiary/aromatic N) is 3. The van der Waals surface area contributed by atoms with Gasteiger partial charge in [-0.25, -0.2) is 18.4 Å². The fraction of sp³-hybridized carbons (Fsp3) is 0.194. The maximum Gasteiger partial charge on any atom is 0.341 e. The highest BCUT2D eigenvalue weighted by Gasteiger charge is 2.32. The average molecular weight is 558 g/mol. The zero-order valence-corrected chi connectivity index (χ0v) is 22.1. The molecule has 2 aliphatic rings. The average Bonchev–Trinajstić information content (AvgIpc) is 3.35. The Hall–Kier alpha value is -4.99. The van der Waals surface area contributed by atoms with Gasteiger partial charge in [0.1, 0.15) is 23.8 Å². The maximum atomic E-state index is 15.5. The molecule has 0 bridgehead atoms. The van der Waals surface area contributed by atoms with Crippen LogP contribution in [-0.4, -0.2) is 59.3 Å². The molecule has 4 aromatic rings. The van der Waals surface area contributed by atoms with Crippen molar-refractivity contribution in [3.05, 3.63) is 111 Å². The second-order valence-corrected chi connectivity index (χ2v) is 10.1. The second kappa shape index (κ2) is 10.2. The molecule has 10 heteroatoms. The molecule has 0 saturated carbocycles. The molecule has 1 aromatic heterocycles. The molecule has 1 N–H and O–H groups in total. The molecule has 0 radical (unpaired) electrons. The minimum absolute atomic E-state index is 0.0939. The molecule has 208 valence electrons. The number of carboxylic acid groups (broad SMARTS) is 1. The van der Waals surface area contributed by atoms with Gasteiger partial charge in [0.15, 0.2) is 0 Å². The molecule has 0 spiro atoms. The van der Waals surface area contributed by atoms with Gasteiger partial charge in [-0.3, -0.25) is 4.79 Å². The molecule has 0 atom stereocenters.